The summed E-state index contributed by atoms with van der Waals surface area (Å²) in [7, 11) is 3.32. The van der Waals surface area contributed by atoms with Gasteiger partial charge in [-0.3, -0.25) is 14.4 Å². The van der Waals surface area contributed by atoms with Crippen LogP contribution in [0.3, 0.4) is 0 Å². The van der Waals surface area contributed by atoms with Gasteiger partial charge in [0, 0.05) is 36.2 Å². The van der Waals surface area contributed by atoms with E-state index in [1.807, 2.05) is 18.2 Å². The molecule has 2 aromatic carbocycles. The van der Waals surface area contributed by atoms with Crippen LogP contribution in [0, 0.1) is 6.92 Å². The Morgan fingerprint density at radius 1 is 1.04 bits per heavy atom. The molecule has 132 valence electrons. The van der Waals surface area contributed by atoms with Gasteiger partial charge >= 0.3 is 0 Å². The van der Waals surface area contributed by atoms with Crippen LogP contribution in [0.15, 0.2) is 53.3 Å². The minimum absolute atomic E-state index is 0.0630. The van der Waals surface area contributed by atoms with Gasteiger partial charge in [0.2, 0.25) is 0 Å². The third-order valence-corrected chi connectivity index (χ3v) is 4.18. The Balaban J connectivity index is 1.97. The molecule has 1 heterocycles. The summed E-state index contributed by atoms with van der Waals surface area (Å²) in [6.07, 6.45) is 0. The number of pyridine rings is 1. The van der Waals surface area contributed by atoms with Crippen molar-refractivity contribution in [3.05, 3.63) is 75.6 Å². The molecular weight excluding hydrogens is 330 g/mol. The second kappa shape index (κ2) is 6.84. The van der Waals surface area contributed by atoms with Crippen LogP contribution in [0.25, 0.3) is 10.9 Å². The van der Waals surface area contributed by atoms with Crippen molar-refractivity contribution >= 4 is 28.4 Å². The number of para-hydroxylation sites is 1. The average Bonchev–Trinajstić information content (AvgIpc) is 2.61. The predicted molar refractivity (Wildman–Crippen MR) is 102 cm³/mol. The molecule has 6 heteroatoms. The summed E-state index contributed by atoms with van der Waals surface area (Å²) in [5.41, 5.74) is 1.83. The molecule has 6 nitrogen and oxygen atoms in total. The van der Waals surface area contributed by atoms with Crippen molar-refractivity contribution in [2.45, 2.75) is 6.92 Å². The number of carbonyl (C=O) groups is 2. The van der Waals surface area contributed by atoms with Gasteiger partial charge in [-0.15, -0.1) is 0 Å². The van der Waals surface area contributed by atoms with Gasteiger partial charge in [0.25, 0.3) is 17.4 Å². The average molecular weight is 349 g/mol. The zero-order valence-corrected chi connectivity index (χ0v) is 14.8. The first-order valence-electron chi connectivity index (χ1n) is 8.13. The van der Waals surface area contributed by atoms with Crippen molar-refractivity contribution in [3.8, 4) is 0 Å². The van der Waals surface area contributed by atoms with E-state index in [-0.39, 0.29) is 11.5 Å². The highest BCUT2D eigenvalue weighted by Crippen LogP contribution is 2.19. The number of hydrogen-bond donors (Lipinski definition) is 2. The van der Waals surface area contributed by atoms with E-state index in [9.17, 15) is 14.4 Å². The molecule has 3 rings (SSSR count). The fourth-order valence-electron chi connectivity index (χ4n) is 2.86. The molecule has 0 unspecified atom stereocenters. The molecule has 3 aromatic rings. The summed E-state index contributed by atoms with van der Waals surface area (Å²) >= 11 is 0. The highest BCUT2D eigenvalue weighted by Gasteiger charge is 2.17. The summed E-state index contributed by atoms with van der Waals surface area (Å²) < 4.78 is 0. The van der Waals surface area contributed by atoms with Crippen molar-refractivity contribution in [1.29, 1.82) is 0 Å². The standard InChI is InChI=1S/C20H19N3O3/c1-12-15-9-4-5-10-16(15)22-19(25)17(12)18(24)21-14-8-6-7-13(11-14)20(26)23(2)3/h4-11H,1-3H3,(H,21,24)(H,22,25). The Hall–Kier alpha value is -3.41. The smallest absolute Gasteiger partial charge is 0.261 e. The van der Waals surface area contributed by atoms with Crippen molar-refractivity contribution in [3.63, 3.8) is 0 Å². The maximum Gasteiger partial charge on any atom is 0.261 e. The minimum atomic E-state index is -0.510. The van der Waals surface area contributed by atoms with Gasteiger partial charge in [-0.2, -0.15) is 0 Å². The van der Waals surface area contributed by atoms with Crippen LogP contribution in [0.4, 0.5) is 5.69 Å². The summed E-state index contributed by atoms with van der Waals surface area (Å²) in [5.74, 6) is -0.676. The van der Waals surface area contributed by atoms with E-state index in [0.717, 1.165) is 5.39 Å². The summed E-state index contributed by atoms with van der Waals surface area (Å²) in [6, 6.07) is 13.9. The molecule has 0 spiro atoms. The number of H-pyrrole nitrogens is 1. The molecule has 0 bridgehead atoms. The van der Waals surface area contributed by atoms with Crippen LogP contribution in [0.1, 0.15) is 26.3 Å². The normalized spacial score (nSPS) is 10.6. The molecule has 0 saturated heterocycles. The number of rotatable bonds is 3. The number of fused-ring (bicyclic) bond motifs is 1. The number of hydrogen-bond acceptors (Lipinski definition) is 3. The lowest BCUT2D eigenvalue weighted by atomic mass is 10.0. The molecular formula is C20H19N3O3. The predicted octanol–water partition coefficient (Wildman–Crippen LogP) is 2.79. The number of aromatic amines is 1. The van der Waals surface area contributed by atoms with Crippen LogP contribution in [-0.2, 0) is 0 Å². The van der Waals surface area contributed by atoms with Gasteiger partial charge in [0.1, 0.15) is 5.56 Å². The van der Waals surface area contributed by atoms with Crippen LogP contribution in [0.2, 0.25) is 0 Å². The quantitative estimate of drug-likeness (QED) is 0.763. The lowest BCUT2D eigenvalue weighted by Crippen LogP contribution is -2.25. The van der Waals surface area contributed by atoms with E-state index in [0.29, 0.717) is 22.3 Å². The second-order valence-corrected chi connectivity index (χ2v) is 6.23. The first kappa shape index (κ1) is 17.4. The van der Waals surface area contributed by atoms with E-state index in [2.05, 4.69) is 10.3 Å². The molecule has 0 aliphatic heterocycles. The molecule has 0 atom stereocenters. The van der Waals surface area contributed by atoms with Crippen molar-refractivity contribution in [1.82, 2.24) is 9.88 Å². The number of nitrogens with one attached hydrogen (secondary N) is 2. The Bertz CT molecular complexity index is 1070. The third kappa shape index (κ3) is 3.21. The van der Waals surface area contributed by atoms with Gasteiger partial charge in [-0.05, 0) is 36.8 Å². The molecule has 0 saturated carbocycles. The van der Waals surface area contributed by atoms with Gasteiger partial charge in [0.05, 0.1) is 0 Å². The van der Waals surface area contributed by atoms with Gasteiger partial charge < -0.3 is 15.2 Å². The zero-order chi connectivity index (χ0) is 18.8. The highest BCUT2D eigenvalue weighted by molar-refractivity contribution is 6.08. The number of aryl methyl sites for hydroxylation is 1. The molecule has 2 N–H and O–H groups in total. The van der Waals surface area contributed by atoms with E-state index >= 15 is 0 Å². The minimum Gasteiger partial charge on any atom is -0.345 e. The third-order valence-electron chi connectivity index (χ3n) is 4.18. The largest absolute Gasteiger partial charge is 0.345 e. The lowest BCUT2D eigenvalue weighted by molar-refractivity contribution is 0.0827. The fraction of sp³-hybridized carbons (Fsp3) is 0.150. The van der Waals surface area contributed by atoms with Gasteiger partial charge in [-0.25, -0.2) is 0 Å². The van der Waals surface area contributed by atoms with E-state index in [1.165, 1.54) is 4.90 Å². The van der Waals surface area contributed by atoms with E-state index in [4.69, 9.17) is 0 Å². The van der Waals surface area contributed by atoms with Crippen LogP contribution in [-0.4, -0.2) is 35.8 Å². The number of carbonyl (C=O) groups excluding carboxylic acids is 2. The summed E-state index contributed by atoms with van der Waals surface area (Å²) in [5, 5.41) is 3.52. The molecule has 1 aromatic heterocycles. The molecule has 0 aliphatic rings. The van der Waals surface area contributed by atoms with E-state index in [1.54, 1.807) is 51.4 Å². The second-order valence-electron chi connectivity index (χ2n) is 6.23. The van der Waals surface area contributed by atoms with Gasteiger partial charge in [0.15, 0.2) is 0 Å². The first-order valence-corrected chi connectivity index (χ1v) is 8.13. The van der Waals surface area contributed by atoms with Crippen molar-refractivity contribution in [2.24, 2.45) is 0 Å². The maximum absolute atomic E-state index is 12.7. The number of amides is 2. The van der Waals surface area contributed by atoms with Crippen LogP contribution >= 0.6 is 0 Å². The topological polar surface area (TPSA) is 82.3 Å². The molecule has 0 aliphatic carbocycles. The summed E-state index contributed by atoms with van der Waals surface area (Å²) in [6.45, 7) is 1.75. The molecule has 0 radical (unpaired) electrons. The van der Waals surface area contributed by atoms with Gasteiger partial charge in [-0.1, -0.05) is 24.3 Å². The number of benzene rings is 2. The Labute approximate surface area is 150 Å². The maximum atomic E-state index is 12.7. The van der Waals surface area contributed by atoms with Crippen molar-refractivity contribution in [2.75, 3.05) is 19.4 Å². The monoisotopic (exact) mass is 349 g/mol. The zero-order valence-electron chi connectivity index (χ0n) is 14.8. The molecule has 2 amide bonds. The number of nitrogens with zero attached hydrogens (tertiary/aromatic N) is 1. The highest BCUT2D eigenvalue weighted by atomic mass is 16.2. The first-order chi connectivity index (χ1) is 12.4. The Kier molecular flexibility index (Phi) is 4.58. The number of aromatic nitrogens is 1. The fourth-order valence-corrected chi connectivity index (χ4v) is 2.86. The summed E-state index contributed by atoms with van der Waals surface area (Å²) in [4.78, 5) is 41.3. The van der Waals surface area contributed by atoms with Crippen LogP contribution in [0.5, 0.6) is 0 Å². The molecule has 0 fully saturated rings. The Morgan fingerprint density at radius 3 is 2.50 bits per heavy atom. The van der Waals surface area contributed by atoms with Crippen LogP contribution < -0.4 is 10.9 Å². The SMILES string of the molecule is Cc1c(C(=O)Nc2cccc(C(=O)N(C)C)c2)c(=O)[nH]c2ccccc12. The van der Waals surface area contributed by atoms with E-state index < -0.39 is 11.5 Å². The van der Waals surface area contributed by atoms with Crippen molar-refractivity contribution < 1.29 is 9.59 Å². The Morgan fingerprint density at radius 2 is 1.77 bits per heavy atom. The number of anilines is 1. The molecule has 26 heavy (non-hydrogen) atoms. The lowest BCUT2D eigenvalue weighted by Gasteiger charge is -2.12.